The van der Waals surface area contributed by atoms with Crippen LogP contribution in [0.4, 0.5) is 0 Å². The van der Waals surface area contributed by atoms with Gasteiger partial charge in [-0.25, -0.2) is 0 Å². The van der Waals surface area contributed by atoms with E-state index in [0.717, 1.165) is 10.0 Å². The molecular formula is C13H16BrNO3. The first-order valence-corrected chi connectivity index (χ1v) is 6.40. The molecule has 0 unspecified atom stereocenters. The third-order valence-electron chi connectivity index (χ3n) is 2.57. The minimum atomic E-state index is -0.969. The highest BCUT2D eigenvalue weighted by atomic mass is 79.9. The lowest BCUT2D eigenvalue weighted by atomic mass is 9.94. The third kappa shape index (κ3) is 4.14. The van der Waals surface area contributed by atoms with Crippen molar-refractivity contribution in [3.8, 4) is 0 Å². The number of amides is 1. The first-order valence-electron chi connectivity index (χ1n) is 5.61. The number of carbonyl (C=O) groups excluding carboxylic acids is 1. The fraction of sp³-hybridized carbons (Fsp3) is 0.385. The van der Waals surface area contributed by atoms with Crippen molar-refractivity contribution < 1.29 is 14.7 Å². The summed E-state index contributed by atoms with van der Waals surface area (Å²) in [7, 11) is 0. The summed E-state index contributed by atoms with van der Waals surface area (Å²) < 4.78 is 0.911. The van der Waals surface area contributed by atoms with Gasteiger partial charge in [0.25, 0.3) is 0 Å². The lowest BCUT2D eigenvalue weighted by Gasteiger charge is -2.28. The van der Waals surface area contributed by atoms with E-state index in [4.69, 9.17) is 5.11 Å². The average molecular weight is 314 g/mol. The van der Waals surface area contributed by atoms with Crippen LogP contribution >= 0.6 is 15.9 Å². The summed E-state index contributed by atoms with van der Waals surface area (Å²) in [6, 6.07) is 7.61. The Hall–Kier alpha value is -1.36. The summed E-state index contributed by atoms with van der Waals surface area (Å²) in [6.45, 7) is 3.76. The Morgan fingerprint density at radius 1 is 1.28 bits per heavy atom. The van der Waals surface area contributed by atoms with E-state index in [9.17, 15) is 9.59 Å². The van der Waals surface area contributed by atoms with Crippen molar-refractivity contribution in [1.82, 2.24) is 5.32 Å². The molecule has 0 spiro atoms. The average Bonchev–Trinajstić information content (AvgIpc) is 2.26. The van der Waals surface area contributed by atoms with Gasteiger partial charge in [-0.3, -0.25) is 9.59 Å². The number of carboxylic acid groups (broad SMARTS) is 1. The molecule has 0 saturated heterocycles. The minimum Gasteiger partial charge on any atom is -0.481 e. The van der Waals surface area contributed by atoms with Crippen LogP contribution in [0.1, 0.15) is 32.3 Å². The Bertz CT molecular complexity index is 457. The molecule has 0 atom stereocenters. The van der Waals surface area contributed by atoms with Crippen LogP contribution in [-0.4, -0.2) is 17.0 Å². The van der Waals surface area contributed by atoms with Gasteiger partial charge in [0, 0.05) is 10.9 Å². The fourth-order valence-electron chi connectivity index (χ4n) is 1.67. The number of carboxylic acids is 1. The van der Waals surface area contributed by atoms with Crippen LogP contribution in [0.15, 0.2) is 28.7 Å². The molecular weight excluding hydrogens is 298 g/mol. The van der Waals surface area contributed by atoms with E-state index in [-0.39, 0.29) is 18.7 Å². The summed E-state index contributed by atoms with van der Waals surface area (Å²) >= 11 is 3.44. The molecule has 0 fully saturated rings. The van der Waals surface area contributed by atoms with Gasteiger partial charge in [0.1, 0.15) is 0 Å². The van der Waals surface area contributed by atoms with Gasteiger partial charge in [0.2, 0.25) is 5.91 Å². The van der Waals surface area contributed by atoms with Crippen molar-refractivity contribution in [2.24, 2.45) is 0 Å². The largest absolute Gasteiger partial charge is 0.481 e. The van der Waals surface area contributed by atoms with Crippen molar-refractivity contribution >= 4 is 27.8 Å². The van der Waals surface area contributed by atoms with E-state index in [2.05, 4.69) is 21.2 Å². The zero-order valence-corrected chi connectivity index (χ0v) is 12.0. The van der Waals surface area contributed by atoms with Crippen LogP contribution in [0.3, 0.4) is 0 Å². The maximum Gasteiger partial charge on any atom is 0.303 e. The second-order valence-corrected chi connectivity index (χ2v) is 5.40. The monoisotopic (exact) mass is 313 g/mol. The molecule has 1 amide bonds. The molecule has 4 nitrogen and oxygen atoms in total. The van der Waals surface area contributed by atoms with Crippen molar-refractivity contribution in [2.75, 3.05) is 0 Å². The van der Waals surface area contributed by atoms with Gasteiger partial charge in [0.05, 0.1) is 12.0 Å². The molecule has 0 aliphatic rings. The van der Waals surface area contributed by atoms with E-state index in [0.29, 0.717) is 0 Å². The molecule has 1 rings (SSSR count). The second kappa shape index (κ2) is 6.00. The summed E-state index contributed by atoms with van der Waals surface area (Å²) in [5.74, 6) is -1.23. The molecule has 0 aliphatic heterocycles. The zero-order chi connectivity index (χ0) is 13.8. The van der Waals surface area contributed by atoms with E-state index >= 15 is 0 Å². The first kappa shape index (κ1) is 14.7. The van der Waals surface area contributed by atoms with Crippen LogP contribution < -0.4 is 5.32 Å². The smallest absolute Gasteiger partial charge is 0.303 e. The summed E-state index contributed by atoms with van der Waals surface area (Å²) in [5.41, 5.74) is 0.407. The van der Waals surface area contributed by atoms with E-state index in [1.165, 1.54) is 0 Å². The van der Waals surface area contributed by atoms with Gasteiger partial charge >= 0.3 is 5.97 Å². The molecule has 0 aromatic heterocycles. The summed E-state index contributed by atoms with van der Waals surface area (Å²) in [6.07, 6.45) is -0.166. The summed E-state index contributed by atoms with van der Waals surface area (Å²) in [5, 5.41) is 11.4. The first-order chi connectivity index (χ1) is 8.33. The van der Waals surface area contributed by atoms with Crippen LogP contribution in [0, 0.1) is 0 Å². The predicted octanol–water partition coefficient (Wildman–Crippen LogP) is 2.67. The second-order valence-electron chi connectivity index (χ2n) is 4.55. The number of aliphatic carboxylic acids is 1. The van der Waals surface area contributed by atoms with Crippen molar-refractivity contribution in [1.29, 1.82) is 0 Å². The molecule has 0 aliphatic carbocycles. The highest BCUT2D eigenvalue weighted by Gasteiger charge is 2.24. The Morgan fingerprint density at radius 3 is 2.44 bits per heavy atom. The molecule has 0 heterocycles. The highest BCUT2D eigenvalue weighted by molar-refractivity contribution is 9.10. The number of carbonyl (C=O) groups is 2. The van der Waals surface area contributed by atoms with Crippen LogP contribution in [-0.2, 0) is 15.1 Å². The van der Waals surface area contributed by atoms with Gasteiger partial charge in [-0.2, -0.15) is 0 Å². The zero-order valence-electron chi connectivity index (χ0n) is 10.4. The molecule has 0 radical (unpaired) electrons. The third-order valence-corrected chi connectivity index (χ3v) is 3.26. The Kier molecular flexibility index (Phi) is 4.90. The van der Waals surface area contributed by atoms with Crippen LogP contribution in [0.5, 0.6) is 0 Å². The summed E-state index contributed by atoms with van der Waals surface area (Å²) in [4.78, 5) is 22.1. The lowest BCUT2D eigenvalue weighted by Crippen LogP contribution is -2.41. The fourth-order valence-corrected chi connectivity index (χ4v) is 2.45. The number of hydrogen-bond donors (Lipinski definition) is 2. The van der Waals surface area contributed by atoms with Gasteiger partial charge in [-0.05, 0) is 25.5 Å². The van der Waals surface area contributed by atoms with E-state index in [1.54, 1.807) is 0 Å². The molecule has 98 valence electrons. The van der Waals surface area contributed by atoms with Crippen LogP contribution in [0.25, 0.3) is 0 Å². The molecule has 0 saturated carbocycles. The van der Waals surface area contributed by atoms with Gasteiger partial charge in [0.15, 0.2) is 0 Å². The highest BCUT2D eigenvalue weighted by Crippen LogP contribution is 2.27. The van der Waals surface area contributed by atoms with Crippen molar-refractivity contribution in [2.45, 2.75) is 32.2 Å². The number of hydrogen-bond acceptors (Lipinski definition) is 2. The molecule has 1 aromatic carbocycles. The van der Waals surface area contributed by atoms with Crippen LogP contribution in [0.2, 0.25) is 0 Å². The Balaban J connectivity index is 2.73. The minimum absolute atomic E-state index is 0.0107. The van der Waals surface area contributed by atoms with Crippen molar-refractivity contribution in [3.63, 3.8) is 0 Å². The van der Waals surface area contributed by atoms with E-state index in [1.807, 2.05) is 38.1 Å². The lowest BCUT2D eigenvalue weighted by molar-refractivity contribution is -0.139. The van der Waals surface area contributed by atoms with Gasteiger partial charge < -0.3 is 10.4 Å². The van der Waals surface area contributed by atoms with Gasteiger partial charge in [-0.1, -0.05) is 34.1 Å². The normalized spacial score (nSPS) is 11.1. The SMILES string of the molecule is CC(C)(NC(=O)CCC(=O)O)c1ccccc1Br. The maximum atomic E-state index is 11.7. The molecule has 2 N–H and O–H groups in total. The quantitative estimate of drug-likeness (QED) is 0.878. The topological polar surface area (TPSA) is 66.4 Å². The number of rotatable bonds is 5. The van der Waals surface area contributed by atoms with Crippen molar-refractivity contribution in [3.05, 3.63) is 34.3 Å². The molecule has 5 heteroatoms. The molecule has 0 bridgehead atoms. The predicted molar refractivity (Wildman–Crippen MR) is 72.2 cm³/mol. The standard InChI is InChI=1S/C13H16BrNO3/c1-13(2,9-5-3-4-6-10(9)14)15-11(16)7-8-12(17)18/h3-6H,7-8H2,1-2H3,(H,15,16)(H,17,18). The Morgan fingerprint density at radius 2 is 1.89 bits per heavy atom. The molecule has 18 heavy (non-hydrogen) atoms. The Labute approximate surface area is 115 Å². The van der Waals surface area contributed by atoms with E-state index < -0.39 is 11.5 Å². The number of benzene rings is 1. The number of nitrogens with one attached hydrogen (secondary N) is 1. The maximum absolute atomic E-state index is 11.7. The number of halogens is 1. The van der Waals surface area contributed by atoms with Gasteiger partial charge in [-0.15, -0.1) is 0 Å². The molecule has 1 aromatic rings.